The van der Waals surface area contributed by atoms with Crippen LogP contribution >= 0.6 is 20.6 Å². The van der Waals surface area contributed by atoms with Gasteiger partial charge in [0.2, 0.25) is 0 Å². The van der Waals surface area contributed by atoms with Crippen LogP contribution in [0.4, 0.5) is 0 Å². The zero-order valence-electron chi connectivity index (χ0n) is 10.4. The summed E-state index contributed by atoms with van der Waals surface area (Å²) in [5, 5.41) is 0. The molecule has 0 bridgehead atoms. The summed E-state index contributed by atoms with van der Waals surface area (Å²) in [6.45, 7) is 1.30. The van der Waals surface area contributed by atoms with E-state index in [1.165, 1.54) is 11.1 Å². The van der Waals surface area contributed by atoms with Gasteiger partial charge in [0.05, 0.1) is 0 Å². The Morgan fingerprint density at radius 3 is 1.50 bits per heavy atom. The standard InChI is InChI=1S/C15H17IO2/c1-16(17-12-14-8-4-2-5-9-14)18-13-15-10-6-3-7-11-15/h2-11H,12-13H2,1H3. The average Bonchev–Trinajstić information content (AvgIpc) is 2.45. The number of benzene rings is 2. The Labute approximate surface area is 116 Å². The van der Waals surface area contributed by atoms with Crippen LogP contribution in [0.5, 0.6) is 0 Å². The van der Waals surface area contributed by atoms with Crippen LogP contribution in [0.3, 0.4) is 0 Å². The Balaban J connectivity index is 1.71. The van der Waals surface area contributed by atoms with Crippen LogP contribution in [-0.4, -0.2) is 4.93 Å². The number of halogens is 1. The molecule has 0 aliphatic heterocycles. The quantitative estimate of drug-likeness (QED) is 0.565. The summed E-state index contributed by atoms with van der Waals surface area (Å²) in [6, 6.07) is 20.4. The summed E-state index contributed by atoms with van der Waals surface area (Å²) >= 11 is -1.71. The first-order valence-corrected chi connectivity index (χ1v) is 9.71. The molecular formula is C15H17IO2. The molecule has 2 rings (SSSR count). The van der Waals surface area contributed by atoms with Crippen LogP contribution in [0.1, 0.15) is 11.1 Å². The van der Waals surface area contributed by atoms with Crippen LogP contribution in [0.25, 0.3) is 0 Å². The van der Waals surface area contributed by atoms with Crippen LogP contribution in [0.2, 0.25) is 0 Å². The Kier molecular flexibility index (Phi) is 5.64. The molecule has 2 aromatic carbocycles. The van der Waals surface area contributed by atoms with Gasteiger partial charge in [0.1, 0.15) is 0 Å². The van der Waals surface area contributed by atoms with E-state index in [2.05, 4.69) is 29.2 Å². The van der Waals surface area contributed by atoms with Gasteiger partial charge < -0.3 is 0 Å². The SMILES string of the molecule is CI(OCc1ccccc1)OCc1ccccc1. The molecule has 0 aliphatic carbocycles. The Bertz CT molecular complexity index is 401. The maximum atomic E-state index is 5.78. The normalized spacial score (nSPS) is 11.3. The summed E-state index contributed by atoms with van der Waals surface area (Å²) in [7, 11) is 0. The van der Waals surface area contributed by atoms with E-state index in [9.17, 15) is 0 Å². The monoisotopic (exact) mass is 356 g/mol. The van der Waals surface area contributed by atoms with Gasteiger partial charge in [-0.05, 0) is 0 Å². The van der Waals surface area contributed by atoms with Crippen molar-refractivity contribution in [1.82, 2.24) is 0 Å². The van der Waals surface area contributed by atoms with E-state index >= 15 is 0 Å². The first kappa shape index (κ1) is 13.5. The number of rotatable bonds is 6. The first-order valence-electron chi connectivity index (χ1n) is 5.79. The van der Waals surface area contributed by atoms with E-state index in [-0.39, 0.29) is 0 Å². The first-order chi connectivity index (χ1) is 8.84. The number of hydrogen-bond acceptors (Lipinski definition) is 2. The molecule has 0 heterocycles. The molecule has 0 unspecified atom stereocenters. The van der Waals surface area contributed by atoms with Gasteiger partial charge in [-0.25, -0.2) is 0 Å². The van der Waals surface area contributed by atoms with Crippen molar-refractivity contribution in [3.05, 3.63) is 71.8 Å². The number of alkyl halides is 1. The maximum absolute atomic E-state index is 5.78. The predicted octanol–water partition coefficient (Wildman–Crippen LogP) is 4.39. The molecule has 0 spiro atoms. The van der Waals surface area contributed by atoms with Gasteiger partial charge in [0.15, 0.2) is 0 Å². The van der Waals surface area contributed by atoms with Gasteiger partial charge in [-0.2, -0.15) is 0 Å². The van der Waals surface area contributed by atoms with Crippen molar-refractivity contribution >= 4 is 20.6 Å². The van der Waals surface area contributed by atoms with Crippen molar-refractivity contribution in [3.8, 4) is 0 Å². The van der Waals surface area contributed by atoms with Crippen LogP contribution in [-0.2, 0) is 19.3 Å². The molecule has 0 fully saturated rings. The summed E-state index contributed by atoms with van der Waals surface area (Å²) < 4.78 is 11.6. The fourth-order valence-corrected chi connectivity index (χ4v) is 3.24. The predicted molar refractivity (Wildman–Crippen MR) is 82.4 cm³/mol. The second-order valence-electron chi connectivity index (χ2n) is 3.85. The molecule has 0 saturated heterocycles. The van der Waals surface area contributed by atoms with Gasteiger partial charge in [-0.3, -0.25) is 0 Å². The van der Waals surface area contributed by atoms with E-state index in [0.717, 1.165) is 0 Å². The molecule has 96 valence electrons. The Morgan fingerprint density at radius 1 is 0.722 bits per heavy atom. The summed E-state index contributed by atoms with van der Waals surface area (Å²) in [6.07, 6.45) is 0. The zero-order chi connectivity index (χ0) is 12.6. The van der Waals surface area contributed by atoms with Crippen molar-refractivity contribution in [2.75, 3.05) is 4.93 Å². The van der Waals surface area contributed by atoms with Crippen molar-refractivity contribution in [2.24, 2.45) is 0 Å². The van der Waals surface area contributed by atoms with E-state index in [1.807, 2.05) is 36.4 Å². The third-order valence-electron chi connectivity index (χ3n) is 2.44. The topological polar surface area (TPSA) is 18.5 Å². The second kappa shape index (κ2) is 7.51. The summed E-state index contributed by atoms with van der Waals surface area (Å²) in [5.41, 5.74) is 2.40. The van der Waals surface area contributed by atoms with Crippen molar-refractivity contribution in [2.45, 2.75) is 13.2 Å². The Morgan fingerprint density at radius 2 is 1.11 bits per heavy atom. The Hall–Kier alpha value is -0.910. The zero-order valence-corrected chi connectivity index (χ0v) is 12.5. The van der Waals surface area contributed by atoms with Gasteiger partial charge in [-0.15, -0.1) is 0 Å². The minimum atomic E-state index is -1.71. The van der Waals surface area contributed by atoms with Gasteiger partial charge in [-0.1, -0.05) is 0 Å². The molecule has 0 saturated carbocycles. The van der Waals surface area contributed by atoms with E-state index < -0.39 is 20.6 Å². The molecule has 0 radical (unpaired) electrons. The molecule has 18 heavy (non-hydrogen) atoms. The molecule has 0 aromatic heterocycles. The molecule has 2 nitrogen and oxygen atoms in total. The molecule has 0 N–H and O–H groups in total. The number of hydrogen-bond donors (Lipinski definition) is 0. The molecular weight excluding hydrogens is 339 g/mol. The van der Waals surface area contributed by atoms with Crippen molar-refractivity contribution < 1.29 is 6.13 Å². The molecule has 3 heteroatoms. The molecule has 0 aliphatic rings. The van der Waals surface area contributed by atoms with E-state index in [4.69, 9.17) is 6.13 Å². The second-order valence-corrected chi connectivity index (χ2v) is 7.22. The fraction of sp³-hybridized carbons (Fsp3) is 0.200. The van der Waals surface area contributed by atoms with E-state index in [1.54, 1.807) is 0 Å². The summed E-state index contributed by atoms with van der Waals surface area (Å²) in [5.74, 6) is 0. The third-order valence-corrected chi connectivity index (χ3v) is 4.81. The third kappa shape index (κ3) is 4.76. The van der Waals surface area contributed by atoms with Gasteiger partial charge in [0, 0.05) is 0 Å². The van der Waals surface area contributed by atoms with Crippen LogP contribution in [0, 0.1) is 0 Å². The molecule has 2 aromatic rings. The van der Waals surface area contributed by atoms with Crippen LogP contribution in [0.15, 0.2) is 60.7 Å². The molecule has 0 amide bonds. The fourth-order valence-electron chi connectivity index (χ4n) is 1.46. The molecule has 0 atom stereocenters. The summed E-state index contributed by atoms with van der Waals surface area (Å²) in [4.78, 5) is 2.08. The van der Waals surface area contributed by atoms with Crippen LogP contribution < -0.4 is 0 Å². The van der Waals surface area contributed by atoms with Crippen molar-refractivity contribution in [1.29, 1.82) is 0 Å². The van der Waals surface area contributed by atoms with Gasteiger partial charge in [0.25, 0.3) is 0 Å². The van der Waals surface area contributed by atoms with Gasteiger partial charge >= 0.3 is 117 Å². The van der Waals surface area contributed by atoms with Crippen molar-refractivity contribution in [3.63, 3.8) is 0 Å². The average molecular weight is 356 g/mol. The van der Waals surface area contributed by atoms with E-state index in [0.29, 0.717) is 13.2 Å². The minimum absolute atomic E-state index is 0.650.